The van der Waals surface area contributed by atoms with Crippen LogP contribution in [-0.4, -0.2) is 61.3 Å². The molecule has 0 bridgehead atoms. The first kappa shape index (κ1) is 22.6. The summed E-state index contributed by atoms with van der Waals surface area (Å²) in [6.45, 7) is 13.3. The van der Waals surface area contributed by atoms with Gasteiger partial charge in [-0.2, -0.15) is 0 Å². The Morgan fingerprint density at radius 1 is 1.09 bits per heavy atom. The van der Waals surface area contributed by atoms with Crippen LogP contribution in [0.3, 0.4) is 0 Å². The van der Waals surface area contributed by atoms with Crippen LogP contribution >= 0.6 is 0 Å². The van der Waals surface area contributed by atoms with Gasteiger partial charge in [-0.25, -0.2) is 14.8 Å². The highest BCUT2D eigenvalue weighted by molar-refractivity contribution is 5.93. The normalized spacial score (nSPS) is 21.2. The Hall–Kier alpha value is -3.16. The molecular formula is C26H34N6O2. The monoisotopic (exact) mass is 462 g/mol. The number of pyridine rings is 1. The Morgan fingerprint density at radius 3 is 2.53 bits per heavy atom. The van der Waals surface area contributed by atoms with E-state index in [1.807, 2.05) is 38.1 Å². The number of piperazine rings is 1. The second-order valence-corrected chi connectivity index (χ2v) is 10.8. The molecule has 5 rings (SSSR count). The van der Waals surface area contributed by atoms with Crippen LogP contribution in [0.4, 0.5) is 10.6 Å². The van der Waals surface area contributed by atoms with Crippen molar-refractivity contribution in [2.45, 2.75) is 78.0 Å². The molecule has 34 heavy (non-hydrogen) atoms. The van der Waals surface area contributed by atoms with Gasteiger partial charge in [-0.05, 0) is 77.5 Å². The van der Waals surface area contributed by atoms with E-state index in [-0.39, 0.29) is 18.2 Å². The summed E-state index contributed by atoms with van der Waals surface area (Å²) in [4.78, 5) is 30.9. The number of fused-ring (bicyclic) bond motifs is 1. The summed E-state index contributed by atoms with van der Waals surface area (Å²) in [7, 11) is 0. The molecule has 1 aliphatic carbocycles. The van der Waals surface area contributed by atoms with Gasteiger partial charge in [0.2, 0.25) is 0 Å². The van der Waals surface area contributed by atoms with Gasteiger partial charge in [-0.15, -0.1) is 0 Å². The zero-order chi connectivity index (χ0) is 24.2. The Labute approximate surface area is 201 Å². The molecule has 0 radical (unpaired) electrons. The maximum Gasteiger partial charge on any atom is 0.410 e. The average molecular weight is 463 g/mol. The third-order valence-electron chi connectivity index (χ3n) is 6.63. The lowest BCUT2D eigenvalue weighted by molar-refractivity contribution is 0.0130. The van der Waals surface area contributed by atoms with E-state index in [0.717, 1.165) is 28.1 Å². The van der Waals surface area contributed by atoms with Gasteiger partial charge in [0.15, 0.2) is 0 Å². The van der Waals surface area contributed by atoms with Crippen molar-refractivity contribution < 1.29 is 9.53 Å². The first-order chi connectivity index (χ1) is 16.1. The standard InChI is InChI=1S/C26H34N6O2/c1-16-9-20(11-27-10-16)32-14-21(19-7-8-19)22-23(28-15-29-24(22)32)30-12-18(3)31(13-17(30)2)25(33)34-26(4,5)6/h9-11,14-15,17-19H,7-8,12-13H2,1-6H3/t17-,18+/m0/s1. The maximum absolute atomic E-state index is 12.8. The molecule has 2 atom stereocenters. The van der Waals surface area contributed by atoms with Gasteiger partial charge < -0.3 is 14.5 Å². The fraction of sp³-hybridized carbons (Fsp3) is 0.538. The number of aromatic nitrogens is 4. The van der Waals surface area contributed by atoms with E-state index in [9.17, 15) is 4.79 Å². The van der Waals surface area contributed by atoms with Gasteiger partial charge >= 0.3 is 6.09 Å². The topological polar surface area (TPSA) is 76.4 Å². The highest BCUT2D eigenvalue weighted by Gasteiger charge is 2.37. The molecule has 2 fully saturated rings. The molecule has 2 aliphatic rings. The van der Waals surface area contributed by atoms with Crippen molar-refractivity contribution in [3.8, 4) is 5.69 Å². The van der Waals surface area contributed by atoms with Crippen LogP contribution in [0.5, 0.6) is 0 Å². The zero-order valence-electron chi connectivity index (χ0n) is 20.9. The third kappa shape index (κ3) is 4.21. The number of carbonyl (C=O) groups excluding carboxylic acids is 1. The summed E-state index contributed by atoms with van der Waals surface area (Å²) in [6.07, 6.45) is 9.76. The van der Waals surface area contributed by atoms with Crippen LogP contribution in [0.25, 0.3) is 16.7 Å². The Morgan fingerprint density at radius 2 is 1.85 bits per heavy atom. The van der Waals surface area contributed by atoms with Crippen LogP contribution in [0.1, 0.15) is 64.5 Å². The molecule has 1 saturated carbocycles. The first-order valence-electron chi connectivity index (χ1n) is 12.2. The minimum atomic E-state index is -0.511. The van der Waals surface area contributed by atoms with Crippen molar-refractivity contribution in [3.63, 3.8) is 0 Å². The van der Waals surface area contributed by atoms with Crippen molar-refractivity contribution in [1.82, 2.24) is 24.4 Å². The predicted molar refractivity (Wildman–Crippen MR) is 133 cm³/mol. The van der Waals surface area contributed by atoms with Gasteiger partial charge in [-0.1, -0.05) is 0 Å². The molecule has 8 heteroatoms. The number of hydrogen-bond acceptors (Lipinski definition) is 6. The second kappa shape index (κ2) is 8.25. The molecule has 3 aromatic rings. The largest absolute Gasteiger partial charge is 0.444 e. The fourth-order valence-corrected chi connectivity index (χ4v) is 4.86. The van der Waals surface area contributed by atoms with Crippen molar-refractivity contribution in [2.75, 3.05) is 18.0 Å². The Kier molecular flexibility index (Phi) is 5.49. The average Bonchev–Trinajstić information content (AvgIpc) is 3.53. The van der Waals surface area contributed by atoms with E-state index >= 15 is 0 Å². The van der Waals surface area contributed by atoms with E-state index in [1.54, 1.807) is 6.33 Å². The van der Waals surface area contributed by atoms with E-state index in [2.05, 4.69) is 47.5 Å². The number of amides is 1. The van der Waals surface area contributed by atoms with Crippen LogP contribution in [0.15, 0.2) is 31.0 Å². The number of hydrogen-bond donors (Lipinski definition) is 0. The number of rotatable bonds is 3. The van der Waals surface area contributed by atoms with Gasteiger partial charge in [0, 0.05) is 37.6 Å². The summed E-state index contributed by atoms with van der Waals surface area (Å²) in [5.41, 5.74) is 3.83. The highest BCUT2D eigenvalue weighted by Crippen LogP contribution is 2.46. The molecule has 4 heterocycles. The van der Waals surface area contributed by atoms with Gasteiger partial charge in [0.1, 0.15) is 23.4 Å². The van der Waals surface area contributed by atoms with E-state index in [4.69, 9.17) is 14.7 Å². The van der Waals surface area contributed by atoms with E-state index in [0.29, 0.717) is 19.0 Å². The van der Waals surface area contributed by atoms with Crippen molar-refractivity contribution in [1.29, 1.82) is 0 Å². The summed E-state index contributed by atoms with van der Waals surface area (Å²) < 4.78 is 7.81. The minimum Gasteiger partial charge on any atom is -0.444 e. The summed E-state index contributed by atoms with van der Waals surface area (Å²) in [6, 6.07) is 2.23. The fourth-order valence-electron chi connectivity index (χ4n) is 4.86. The lowest BCUT2D eigenvalue weighted by atomic mass is 10.1. The van der Waals surface area contributed by atoms with E-state index < -0.39 is 5.60 Å². The smallest absolute Gasteiger partial charge is 0.410 e. The van der Waals surface area contributed by atoms with Crippen LogP contribution < -0.4 is 4.90 Å². The van der Waals surface area contributed by atoms with Crippen LogP contribution in [0.2, 0.25) is 0 Å². The summed E-state index contributed by atoms with van der Waals surface area (Å²) in [5.74, 6) is 1.50. The first-order valence-corrected chi connectivity index (χ1v) is 12.2. The van der Waals surface area contributed by atoms with Crippen molar-refractivity contribution >= 4 is 22.9 Å². The van der Waals surface area contributed by atoms with Crippen LogP contribution in [-0.2, 0) is 4.74 Å². The molecular weight excluding hydrogens is 428 g/mol. The number of carbonyl (C=O) groups is 1. The van der Waals surface area contributed by atoms with Gasteiger partial charge in [0.05, 0.1) is 17.3 Å². The minimum absolute atomic E-state index is 0.00324. The van der Waals surface area contributed by atoms with Crippen molar-refractivity contribution in [3.05, 3.63) is 42.1 Å². The molecule has 1 saturated heterocycles. The molecule has 3 aromatic heterocycles. The third-order valence-corrected chi connectivity index (χ3v) is 6.63. The SMILES string of the molecule is Cc1cncc(-n2cc(C3CC3)c3c(N4C[C@@H](C)N(C(=O)OC(C)(C)C)C[C@@H]4C)ncnc32)c1. The van der Waals surface area contributed by atoms with Crippen molar-refractivity contribution in [2.24, 2.45) is 0 Å². The maximum atomic E-state index is 12.8. The molecule has 0 aromatic carbocycles. The Bertz CT molecular complexity index is 1230. The number of nitrogens with zero attached hydrogens (tertiary/aromatic N) is 6. The molecule has 8 nitrogen and oxygen atoms in total. The molecule has 1 aliphatic heterocycles. The second-order valence-electron chi connectivity index (χ2n) is 10.8. The van der Waals surface area contributed by atoms with E-state index in [1.165, 1.54) is 18.4 Å². The highest BCUT2D eigenvalue weighted by atomic mass is 16.6. The van der Waals surface area contributed by atoms with Gasteiger partial charge in [0.25, 0.3) is 0 Å². The number of aryl methyl sites for hydroxylation is 1. The lowest BCUT2D eigenvalue weighted by Gasteiger charge is -2.44. The predicted octanol–water partition coefficient (Wildman–Crippen LogP) is 4.84. The van der Waals surface area contributed by atoms with Gasteiger partial charge in [-0.3, -0.25) is 9.55 Å². The molecule has 180 valence electrons. The molecule has 0 unspecified atom stereocenters. The number of ether oxygens (including phenoxy) is 1. The Balaban J connectivity index is 1.53. The van der Waals surface area contributed by atoms with Crippen LogP contribution in [0, 0.1) is 6.92 Å². The quantitative estimate of drug-likeness (QED) is 0.555. The summed E-state index contributed by atoms with van der Waals surface area (Å²) in [5, 5.41) is 1.12. The molecule has 0 spiro atoms. The zero-order valence-corrected chi connectivity index (χ0v) is 20.9. The molecule has 1 amide bonds. The summed E-state index contributed by atoms with van der Waals surface area (Å²) >= 11 is 0. The molecule has 0 N–H and O–H groups in total. The lowest BCUT2D eigenvalue weighted by Crippen LogP contribution is -2.59. The number of anilines is 1.